The smallest absolute Gasteiger partial charge is 0.359 e. The molecule has 0 aliphatic rings. The maximum absolute atomic E-state index is 12.7. The molecule has 0 aliphatic carbocycles. The highest BCUT2D eigenvalue weighted by Gasteiger charge is 2.33. The normalized spacial score (nSPS) is 11.5. The average Bonchev–Trinajstić information content (AvgIpc) is 2.44. The topological polar surface area (TPSA) is 29.0 Å². The summed E-state index contributed by atoms with van der Waals surface area (Å²) < 4.78 is 38.1. The number of anilines is 1. The summed E-state index contributed by atoms with van der Waals surface area (Å²) in [5.41, 5.74) is 0.0598. The van der Waals surface area contributed by atoms with Gasteiger partial charge in [-0.3, -0.25) is 0 Å². The summed E-state index contributed by atoms with van der Waals surface area (Å²) >= 11 is 5.57. The van der Waals surface area contributed by atoms with Crippen LogP contribution in [0.3, 0.4) is 0 Å². The number of rotatable bonds is 4. The number of likely N-dealkylation sites (N-methyl/N-ethyl adjacent to an activating group) is 1. The lowest BCUT2D eigenvalue weighted by Crippen LogP contribution is -2.22. The van der Waals surface area contributed by atoms with Crippen LogP contribution in [0.25, 0.3) is 0 Å². The molecule has 3 nitrogen and oxygen atoms in total. The molecule has 2 rings (SSSR count). The third kappa shape index (κ3) is 4.32. The first-order chi connectivity index (χ1) is 9.86. The van der Waals surface area contributed by atoms with Crippen LogP contribution in [-0.2, 0) is 12.6 Å². The molecule has 0 saturated carbocycles. The molecule has 7 heteroatoms. The van der Waals surface area contributed by atoms with Crippen molar-refractivity contribution in [1.29, 1.82) is 0 Å². The van der Waals surface area contributed by atoms with E-state index in [2.05, 4.69) is 9.97 Å². The highest BCUT2D eigenvalue weighted by molar-refractivity contribution is 6.28. The fourth-order valence-electron chi connectivity index (χ4n) is 1.80. The first kappa shape index (κ1) is 15.6. The van der Waals surface area contributed by atoms with Gasteiger partial charge in [0.1, 0.15) is 5.82 Å². The summed E-state index contributed by atoms with van der Waals surface area (Å²) in [6, 6.07) is 10.6. The molecule has 21 heavy (non-hydrogen) atoms. The van der Waals surface area contributed by atoms with Gasteiger partial charge in [0.05, 0.1) is 0 Å². The molecule has 112 valence electrons. The lowest BCUT2D eigenvalue weighted by atomic mass is 10.1. The van der Waals surface area contributed by atoms with Crippen LogP contribution in [0.2, 0.25) is 5.28 Å². The van der Waals surface area contributed by atoms with Gasteiger partial charge in [-0.05, 0) is 23.6 Å². The monoisotopic (exact) mass is 315 g/mol. The zero-order valence-electron chi connectivity index (χ0n) is 11.2. The molecule has 0 saturated heterocycles. The quantitative estimate of drug-likeness (QED) is 0.803. The van der Waals surface area contributed by atoms with Crippen LogP contribution >= 0.6 is 11.6 Å². The van der Waals surface area contributed by atoms with Gasteiger partial charge in [0, 0.05) is 19.7 Å². The summed E-state index contributed by atoms with van der Waals surface area (Å²) in [5, 5.41) is -0.411. The highest BCUT2D eigenvalue weighted by Crippen LogP contribution is 2.30. The lowest BCUT2D eigenvalue weighted by molar-refractivity contribution is -0.141. The maximum atomic E-state index is 12.7. The molecule has 1 heterocycles. The molecule has 0 spiro atoms. The molecule has 0 atom stereocenters. The Labute approximate surface area is 125 Å². The van der Waals surface area contributed by atoms with Crippen molar-refractivity contribution in [3.63, 3.8) is 0 Å². The summed E-state index contributed by atoms with van der Waals surface area (Å²) in [4.78, 5) is 8.67. The Balaban J connectivity index is 2.12. The number of halogens is 4. The average molecular weight is 316 g/mol. The van der Waals surface area contributed by atoms with Crippen molar-refractivity contribution >= 4 is 17.4 Å². The van der Waals surface area contributed by atoms with Crippen LogP contribution in [0.1, 0.15) is 11.3 Å². The summed E-state index contributed by atoms with van der Waals surface area (Å²) in [6.07, 6.45) is -3.85. The van der Waals surface area contributed by atoms with Crippen LogP contribution in [0.5, 0.6) is 0 Å². The van der Waals surface area contributed by atoms with Gasteiger partial charge in [0.15, 0.2) is 5.69 Å². The van der Waals surface area contributed by atoms with E-state index >= 15 is 0 Å². The van der Waals surface area contributed by atoms with Gasteiger partial charge in [0.25, 0.3) is 0 Å². The van der Waals surface area contributed by atoms with Crippen molar-refractivity contribution in [2.75, 3.05) is 18.5 Å². The predicted octanol–water partition coefficient (Wildman–Crippen LogP) is 3.83. The summed E-state index contributed by atoms with van der Waals surface area (Å²) in [6.45, 7) is 0.522. The minimum Gasteiger partial charge on any atom is -0.359 e. The van der Waals surface area contributed by atoms with Crippen LogP contribution in [0.15, 0.2) is 36.4 Å². The van der Waals surface area contributed by atoms with E-state index in [-0.39, 0.29) is 5.82 Å². The van der Waals surface area contributed by atoms with E-state index in [9.17, 15) is 13.2 Å². The Morgan fingerprint density at radius 1 is 1.14 bits per heavy atom. The third-order valence-electron chi connectivity index (χ3n) is 2.95. The zero-order valence-corrected chi connectivity index (χ0v) is 12.0. The second-order valence-corrected chi connectivity index (χ2v) is 4.87. The predicted molar refractivity (Wildman–Crippen MR) is 75.5 cm³/mol. The van der Waals surface area contributed by atoms with Gasteiger partial charge < -0.3 is 4.90 Å². The molecule has 1 aromatic heterocycles. The minimum atomic E-state index is -4.54. The Kier molecular flexibility index (Phi) is 4.67. The zero-order chi connectivity index (χ0) is 15.5. The van der Waals surface area contributed by atoms with Crippen molar-refractivity contribution in [2.45, 2.75) is 12.6 Å². The van der Waals surface area contributed by atoms with Gasteiger partial charge in [0.2, 0.25) is 5.28 Å². The second kappa shape index (κ2) is 6.30. The summed E-state index contributed by atoms with van der Waals surface area (Å²) in [7, 11) is 1.67. The molecule has 1 aromatic carbocycles. The van der Waals surface area contributed by atoms with Crippen LogP contribution in [0.4, 0.5) is 19.0 Å². The molecule has 0 radical (unpaired) electrons. The molecular weight excluding hydrogens is 303 g/mol. The number of aromatic nitrogens is 2. The Bertz CT molecular complexity index is 602. The first-order valence-electron chi connectivity index (χ1n) is 6.23. The second-order valence-electron chi connectivity index (χ2n) is 4.54. The van der Waals surface area contributed by atoms with Gasteiger partial charge in [-0.25, -0.2) is 9.97 Å². The van der Waals surface area contributed by atoms with E-state index < -0.39 is 17.2 Å². The molecule has 0 amide bonds. The van der Waals surface area contributed by atoms with Crippen molar-refractivity contribution in [2.24, 2.45) is 0 Å². The third-order valence-corrected chi connectivity index (χ3v) is 3.11. The van der Waals surface area contributed by atoms with Crippen LogP contribution in [-0.4, -0.2) is 23.6 Å². The van der Waals surface area contributed by atoms with Crippen molar-refractivity contribution in [3.05, 3.63) is 52.9 Å². The van der Waals surface area contributed by atoms with E-state index in [1.165, 1.54) is 0 Å². The Morgan fingerprint density at radius 2 is 1.81 bits per heavy atom. The molecule has 0 N–H and O–H groups in total. The number of nitrogens with zero attached hydrogens (tertiary/aromatic N) is 3. The van der Waals surface area contributed by atoms with Gasteiger partial charge in [-0.15, -0.1) is 0 Å². The largest absolute Gasteiger partial charge is 0.433 e. The summed E-state index contributed by atoms with van der Waals surface area (Å²) in [5.74, 6) is 0.151. The number of hydrogen-bond donors (Lipinski definition) is 0. The van der Waals surface area contributed by atoms with Crippen molar-refractivity contribution in [1.82, 2.24) is 9.97 Å². The molecule has 0 aliphatic heterocycles. The molecule has 0 fully saturated rings. The molecule has 0 unspecified atom stereocenters. The number of alkyl halides is 3. The standard InChI is InChI=1S/C14H13ClF3N3/c1-21(8-7-10-5-3-2-4-6-10)12-9-11(14(16,17)18)19-13(15)20-12/h2-6,9H,7-8H2,1H3. The Morgan fingerprint density at radius 3 is 2.43 bits per heavy atom. The Hall–Kier alpha value is -1.82. The fraction of sp³-hybridized carbons (Fsp3) is 0.286. The van der Waals surface area contributed by atoms with E-state index in [1.54, 1.807) is 11.9 Å². The number of benzene rings is 1. The van der Waals surface area contributed by atoms with E-state index in [0.29, 0.717) is 13.0 Å². The molecular formula is C14H13ClF3N3. The van der Waals surface area contributed by atoms with Crippen molar-refractivity contribution in [3.8, 4) is 0 Å². The van der Waals surface area contributed by atoms with E-state index in [0.717, 1.165) is 11.6 Å². The van der Waals surface area contributed by atoms with Crippen LogP contribution < -0.4 is 4.90 Å². The minimum absolute atomic E-state index is 0.151. The fourth-order valence-corrected chi connectivity index (χ4v) is 1.98. The van der Waals surface area contributed by atoms with E-state index in [1.807, 2.05) is 30.3 Å². The SMILES string of the molecule is CN(CCc1ccccc1)c1cc(C(F)(F)F)nc(Cl)n1. The van der Waals surface area contributed by atoms with Crippen molar-refractivity contribution < 1.29 is 13.2 Å². The highest BCUT2D eigenvalue weighted by atomic mass is 35.5. The number of hydrogen-bond acceptors (Lipinski definition) is 3. The van der Waals surface area contributed by atoms with Gasteiger partial charge in [-0.2, -0.15) is 13.2 Å². The van der Waals surface area contributed by atoms with Gasteiger partial charge >= 0.3 is 6.18 Å². The molecule has 2 aromatic rings. The lowest BCUT2D eigenvalue weighted by Gasteiger charge is -2.19. The van der Waals surface area contributed by atoms with Gasteiger partial charge in [-0.1, -0.05) is 30.3 Å². The van der Waals surface area contributed by atoms with E-state index in [4.69, 9.17) is 11.6 Å². The van der Waals surface area contributed by atoms with Crippen LogP contribution in [0, 0.1) is 0 Å². The maximum Gasteiger partial charge on any atom is 0.433 e. The molecule has 0 bridgehead atoms. The first-order valence-corrected chi connectivity index (χ1v) is 6.61.